The van der Waals surface area contributed by atoms with Gasteiger partial charge in [0.15, 0.2) is 0 Å². The lowest BCUT2D eigenvalue weighted by Gasteiger charge is -2.29. The average Bonchev–Trinajstić information content (AvgIpc) is 2.98. The Morgan fingerprint density at radius 2 is 2.26 bits per heavy atom. The fourth-order valence-corrected chi connectivity index (χ4v) is 3.07. The van der Waals surface area contributed by atoms with Crippen molar-refractivity contribution in [3.05, 3.63) is 11.8 Å². The van der Waals surface area contributed by atoms with Gasteiger partial charge in [-0.3, -0.25) is 9.89 Å². The Bertz CT molecular complexity index is 492. The van der Waals surface area contributed by atoms with Crippen molar-refractivity contribution in [2.75, 3.05) is 5.32 Å². The Balaban J connectivity index is 2.15. The van der Waals surface area contributed by atoms with E-state index in [4.69, 9.17) is 5.26 Å². The highest BCUT2D eigenvalue weighted by atomic mass is 16.2. The quantitative estimate of drug-likeness (QED) is 0.873. The Morgan fingerprint density at radius 1 is 1.58 bits per heavy atom. The number of hydrogen-bond donors (Lipinski definition) is 2. The van der Waals surface area contributed by atoms with Gasteiger partial charge in [0.05, 0.1) is 6.20 Å². The van der Waals surface area contributed by atoms with Gasteiger partial charge in [-0.05, 0) is 25.2 Å². The second kappa shape index (κ2) is 5.43. The van der Waals surface area contributed by atoms with Crippen molar-refractivity contribution < 1.29 is 4.79 Å². The number of aromatic nitrogens is 2. The second-order valence-electron chi connectivity index (χ2n) is 5.81. The molecule has 1 amide bonds. The zero-order chi connectivity index (χ0) is 13.9. The Labute approximate surface area is 113 Å². The summed E-state index contributed by atoms with van der Waals surface area (Å²) in [7, 11) is 0. The Morgan fingerprint density at radius 3 is 2.84 bits per heavy atom. The lowest BCUT2D eigenvalue weighted by atomic mass is 9.77. The van der Waals surface area contributed by atoms with Crippen molar-refractivity contribution in [1.29, 1.82) is 5.26 Å². The summed E-state index contributed by atoms with van der Waals surface area (Å²) in [5, 5.41) is 18.3. The van der Waals surface area contributed by atoms with Crippen LogP contribution in [0.3, 0.4) is 0 Å². The molecule has 0 bridgehead atoms. The van der Waals surface area contributed by atoms with Crippen LogP contribution in [0.4, 0.5) is 5.82 Å². The summed E-state index contributed by atoms with van der Waals surface area (Å²) in [6.07, 6.45) is 6.41. The van der Waals surface area contributed by atoms with Crippen molar-refractivity contribution in [3.63, 3.8) is 0 Å². The SMILES string of the molecule is CC(C)CC1(C(=O)Nc2[nH]ncc2C#N)CCCC1. The van der Waals surface area contributed by atoms with Crippen LogP contribution in [0.25, 0.3) is 0 Å². The molecule has 0 aromatic carbocycles. The summed E-state index contributed by atoms with van der Waals surface area (Å²) >= 11 is 0. The first-order valence-corrected chi connectivity index (χ1v) is 6.82. The van der Waals surface area contributed by atoms with E-state index >= 15 is 0 Å². The molecule has 102 valence electrons. The third kappa shape index (κ3) is 2.78. The second-order valence-corrected chi connectivity index (χ2v) is 5.81. The number of rotatable bonds is 4. The largest absolute Gasteiger partial charge is 0.309 e. The van der Waals surface area contributed by atoms with E-state index in [0.29, 0.717) is 17.3 Å². The highest BCUT2D eigenvalue weighted by molar-refractivity contribution is 5.95. The maximum atomic E-state index is 12.6. The molecule has 1 aliphatic carbocycles. The highest BCUT2D eigenvalue weighted by Gasteiger charge is 2.41. The van der Waals surface area contributed by atoms with Crippen LogP contribution < -0.4 is 5.32 Å². The minimum Gasteiger partial charge on any atom is -0.309 e. The van der Waals surface area contributed by atoms with E-state index in [1.165, 1.54) is 6.20 Å². The number of H-pyrrole nitrogens is 1. The monoisotopic (exact) mass is 260 g/mol. The molecular formula is C14H20N4O. The van der Waals surface area contributed by atoms with E-state index in [1.807, 2.05) is 6.07 Å². The van der Waals surface area contributed by atoms with Crippen LogP contribution in [0.2, 0.25) is 0 Å². The van der Waals surface area contributed by atoms with Gasteiger partial charge in [-0.1, -0.05) is 26.7 Å². The van der Waals surface area contributed by atoms with Gasteiger partial charge in [-0.15, -0.1) is 0 Å². The number of carbonyl (C=O) groups excluding carboxylic acids is 1. The zero-order valence-electron chi connectivity index (χ0n) is 11.5. The van der Waals surface area contributed by atoms with Gasteiger partial charge in [0.1, 0.15) is 17.5 Å². The minimum atomic E-state index is -0.272. The number of amides is 1. The number of aromatic amines is 1. The van der Waals surface area contributed by atoms with Gasteiger partial charge in [0, 0.05) is 5.41 Å². The maximum absolute atomic E-state index is 12.6. The van der Waals surface area contributed by atoms with Crippen LogP contribution in [0.15, 0.2) is 6.20 Å². The van der Waals surface area contributed by atoms with E-state index in [2.05, 4.69) is 29.4 Å². The van der Waals surface area contributed by atoms with Gasteiger partial charge in [0.2, 0.25) is 5.91 Å². The first-order chi connectivity index (χ1) is 9.07. The van der Waals surface area contributed by atoms with Crippen molar-refractivity contribution in [3.8, 4) is 6.07 Å². The molecule has 0 unspecified atom stereocenters. The van der Waals surface area contributed by atoms with Crippen LogP contribution in [-0.2, 0) is 4.79 Å². The molecule has 0 atom stereocenters. The molecule has 1 aliphatic rings. The van der Waals surface area contributed by atoms with Gasteiger partial charge in [-0.25, -0.2) is 0 Å². The molecule has 0 radical (unpaired) electrons. The molecule has 5 nitrogen and oxygen atoms in total. The molecular weight excluding hydrogens is 240 g/mol. The van der Waals surface area contributed by atoms with Gasteiger partial charge in [0.25, 0.3) is 0 Å². The number of nitrogens with one attached hydrogen (secondary N) is 2. The summed E-state index contributed by atoms with van der Waals surface area (Å²) in [4.78, 5) is 12.6. The average molecular weight is 260 g/mol. The molecule has 1 fully saturated rings. The van der Waals surface area contributed by atoms with Crippen LogP contribution in [0.5, 0.6) is 0 Å². The molecule has 1 aromatic rings. The summed E-state index contributed by atoms with van der Waals surface area (Å²) < 4.78 is 0. The Kier molecular flexibility index (Phi) is 3.89. The summed E-state index contributed by atoms with van der Waals surface area (Å²) in [6.45, 7) is 4.29. The van der Waals surface area contributed by atoms with Gasteiger partial charge in [-0.2, -0.15) is 10.4 Å². The highest BCUT2D eigenvalue weighted by Crippen LogP contribution is 2.44. The number of nitriles is 1. The van der Waals surface area contributed by atoms with Crippen LogP contribution in [-0.4, -0.2) is 16.1 Å². The molecule has 5 heteroatoms. The fourth-order valence-electron chi connectivity index (χ4n) is 3.07. The summed E-state index contributed by atoms with van der Waals surface area (Å²) in [5.41, 5.74) is 0.109. The molecule has 0 spiro atoms. The van der Waals surface area contributed by atoms with E-state index in [1.54, 1.807) is 0 Å². The lowest BCUT2D eigenvalue weighted by Crippen LogP contribution is -2.35. The fraction of sp³-hybridized carbons (Fsp3) is 0.643. The number of hydrogen-bond acceptors (Lipinski definition) is 3. The first kappa shape index (κ1) is 13.6. The summed E-state index contributed by atoms with van der Waals surface area (Å²) in [5.74, 6) is 0.933. The zero-order valence-corrected chi connectivity index (χ0v) is 11.5. The molecule has 19 heavy (non-hydrogen) atoms. The summed E-state index contributed by atoms with van der Waals surface area (Å²) in [6, 6.07) is 2.02. The molecule has 1 saturated carbocycles. The molecule has 0 aliphatic heterocycles. The van der Waals surface area contributed by atoms with Crippen LogP contribution in [0, 0.1) is 22.7 Å². The van der Waals surface area contributed by atoms with Gasteiger partial charge >= 0.3 is 0 Å². The minimum absolute atomic E-state index is 0.0273. The number of nitrogens with zero attached hydrogens (tertiary/aromatic N) is 2. The third-order valence-electron chi connectivity index (χ3n) is 3.84. The van der Waals surface area contributed by atoms with Crippen LogP contribution in [0.1, 0.15) is 51.5 Å². The molecule has 1 aromatic heterocycles. The first-order valence-electron chi connectivity index (χ1n) is 6.82. The topological polar surface area (TPSA) is 81.6 Å². The van der Waals surface area contributed by atoms with Crippen molar-refractivity contribution >= 4 is 11.7 Å². The standard InChI is InChI=1S/C14H20N4O/c1-10(2)7-14(5-3-4-6-14)13(19)17-12-11(8-15)9-16-18-12/h9-10H,3-7H2,1-2H3,(H2,16,17,18,19). The maximum Gasteiger partial charge on any atom is 0.231 e. The Hall–Kier alpha value is -1.83. The van der Waals surface area contributed by atoms with Crippen molar-refractivity contribution in [2.45, 2.75) is 46.0 Å². The third-order valence-corrected chi connectivity index (χ3v) is 3.84. The van der Waals surface area contributed by atoms with E-state index in [0.717, 1.165) is 32.1 Å². The predicted octanol–water partition coefficient (Wildman–Crippen LogP) is 2.83. The number of carbonyl (C=O) groups is 1. The van der Waals surface area contributed by atoms with Crippen molar-refractivity contribution in [2.24, 2.45) is 11.3 Å². The van der Waals surface area contributed by atoms with E-state index in [9.17, 15) is 4.79 Å². The molecule has 2 rings (SSSR count). The predicted molar refractivity (Wildman–Crippen MR) is 72.3 cm³/mol. The van der Waals surface area contributed by atoms with E-state index in [-0.39, 0.29) is 11.3 Å². The lowest BCUT2D eigenvalue weighted by molar-refractivity contribution is -0.126. The van der Waals surface area contributed by atoms with Gasteiger partial charge < -0.3 is 5.32 Å². The smallest absolute Gasteiger partial charge is 0.231 e. The van der Waals surface area contributed by atoms with Crippen LogP contribution >= 0.6 is 0 Å². The number of anilines is 1. The molecule has 2 N–H and O–H groups in total. The normalized spacial score (nSPS) is 17.4. The van der Waals surface area contributed by atoms with Crippen molar-refractivity contribution in [1.82, 2.24) is 10.2 Å². The molecule has 0 saturated heterocycles. The molecule has 1 heterocycles. The van der Waals surface area contributed by atoms with E-state index < -0.39 is 0 Å².